The molecule has 4 amide bonds. The minimum atomic E-state index is -0.652. The standard InChI is InChI=1S/C30H28FN3O6/c1-30(2,3)40-28(37)32-15-21-17-33(29(38)39-21)20-12-13-22(25(31)14-20)19-10-8-18(9-11-19)16-34-26(35)23-6-4-5-7-24(23)27(34)36/h4-14,21H,15-17H2,1-3H3,(H,32,37)/t21-/m0/s1. The van der Waals surface area contributed by atoms with Crippen LogP contribution in [-0.4, -0.2) is 53.7 Å². The summed E-state index contributed by atoms with van der Waals surface area (Å²) < 4.78 is 25.7. The zero-order chi connectivity index (χ0) is 28.6. The van der Waals surface area contributed by atoms with Crippen LogP contribution in [0.15, 0.2) is 66.7 Å². The quantitative estimate of drug-likeness (QED) is 0.430. The van der Waals surface area contributed by atoms with Gasteiger partial charge < -0.3 is 14.8 Å². The Bertz CT molecular complexity index is 1460. The van der Waals surface area contributed by atoms with Crippen molar-refractivity contribution in [3.63, 3.8) is 0 Å². The third-order valence-corrected chi connectivity index (χ3v) is 6.50. The molecule has 1 saturated heterocycles. The predicted molar refractivity (Wildman–Crippen MR) is 144 cm³/mol. The molecule has 5 rings (SSSR count). The van der Waals surface area contributed by atoms with E-state index in [1.54, 1.807) is 81.4 Å². The second kappa shape index (κ2) is 10.4. The summed E-state index contributed by atoms with van der Waals surface area (Å²) in [6.45, 7) is 5.54. The molecule has 0 aromatic heterocycles. The molecular formula is C30H28FN3O6. The number of anilines is 1. The van der Waals surface area contributed by atoms with Crippen LogP contribution in [0.1, 0.15) is 47.1 Å². The van der Waals surface area contributed by atoms with Crippen molar-refractivity contribution in [1.82, 2.24) is 10.2 Å². The summed E-state index contributed by atoms with van der Waals surface area (Å²) in [5.41, 5.74) is 2.10. The molecule has 10 heteroatoms. The summed E-state index contributed by atoms with van der Waals surface area (Å²) in [7, 11) is 0. The Labute approximate surface area is 230 Å². The maximum Gasteiger partial charge on any atom is 0.414 e. The molecule has 2 aliphatic rings. The first-order valence-electron chi connectivity index (χ1n) is 12.8. The highest BCUT2D eigenvalue weighted by atomic mass is 19.1. The lowest BCUT2D eigenvalue weighted by molar-refractivity contribution is 0.0496. The van der Waals surface area contributed by atoms with E-state index in [1.807, 2.05) is 0 Å². The molecule has 1 N–H and O–H groups in total. The van der Waals surface area contributed by atoms with Gasteiger partial charge in [0.15, 0.2) is 0 Å². The van der Waals surface area contributed by atoms with Crippen molar-refractivity contribution < 1.29 is 33.0 Å². The molecule has 2 heterocycles. The third-order valence-electron chi connectivity index (χ3n) is 6.50. The summed E-state index contributed by atoms with van der Waals surface area (Å²) in [5.74, 6) is -1.21. The summed E-state index contributed by atoms with van der Waals surface area (Å²) in [6.07, 6.45) is -1.87. The van der Waals surface area contributed by atoms with Gasteiger partial charge in [-0.05, 0) is 62.2 Å². The number of cyclic esters (lactones) is 1. The van der Waals surface area contributed by atoms with Gasteiger partial charge in [0, 0.05) is 5.56 Å². The van der Waals surface area contributed by atoms with Crippen LogP contribution in [0, 0.1) is 5.82 Å². The number of nitrogens with one attached hydrogen (secondary N) is 1. The van der Waals surface area contributed by atoms with Gasteiger partial charge in [-0.25, -0.2) is 14.0 Å². The number of halogens is 1. The predicted octanol–water partition coefficient (Wildman–Crippen LogP) is 5.14. The average molecular weight is 546 g/mol. The first-order chi connectivity index (χ1) is 19.0. The van der Waals surface area contributed by atoms with E-state index in [2.05, 4.69) is 5.32 Å². The zero-order valence-corrected chi connectivity index (χ0v) is 22.3. The summed E-state index contributed by atoms with van der Waals surface area (Å²) >= 11 is 0. The first-order valence-corrected chi connectivity index (χ1v) is 12.8. The molecule has 0 saturated carbocycles. The number of hydrogen-bond donors (Lipinski definition) is 1. The van der Waals surface area contributed by atoms with Gasteiger partial charge in [0.2, 0.25) is 0 Å². The highest BCUT2D eigenvalue weighted by Gasteiger charge is 2.35. The number of hydrogen-bond acceptors (Lipinski definition) is 6. The van der Waals surface area contributed by atoms with Crippen LogP contribution in [0.2, 0.25) is 0 Å². The van der Waals surface area contributed by atoms with Gasteiger partial charge in [0.1, 0.15) is 17.5 Å². The Morgan fingerprint density at radius 1 is 0.975 bits per heavy atom. The Kier molecular flexibility index (Phi) is 7.01. The number of nitrogens with zero attached hydrogens (tertiary/aromatic N) is 2. The van der Waals surface area contributed by atoms with E-state index in [1.165, 1.54) is 15.9 Å². The van der Waals surface area contributed by atoms with E-state index < -0.39 is 29.7 Å². The van der Waals surface area contributed by atoms with E-state index in [0.717, 1.165) is 5.56 Å². The van der Waals surface area contributed by atoms with Gasteiger partial charge in [-0.2, -0.15) is 0 Å². The monoisotopic (exact) mass is 545 g/mol. The molecule has 1 atom stereocenters. The molecule has 0 aliphatic carbocycles. The second-order valence-corrected chi connectivity index (χ2v) is 10.6. The number of imide groups is 1. The van der Waals surface area contributed by atoms with E-state index >= 15 is 4.39 Å². The highest BCUT2D eigenvalue weighted by Crippen LogP contribution is 2.30. The molecule has 2 aliphatic heterocycles. The van der Waals surface area contributed by atoms with Crippen molar-refractivity contribution in [2.24, 2.45) is 0 Å². The minimum Gasteiger partial charge on any atom is -0.444 e. The lowest BCUT2D eigenvalue weighted by Gasteiger charge is -2.20. The molecule has 0 spiro atoms. The van der Waals surface area contributed by atoms with Crippen molar-refractivity contribution in [3.05, 3.63) is 89.2 Å². The number of rotatable bonds is 6. The number of amides is 4. The van der Waals surface area contributed by atoms with Gasteiger partial charge in [-0.1, -0.05) is 36.4 Å². The normalized spacial score (nSPS) is 16.7. The lowest BCUT2D eigenvalue weighted by atomic mass is 10.0. The molecular weight excluding hydrogens is 517 g/mol. The molecule has 0 radical (unpaired) electrons. The van der Waals surface area contributed by atoms with Crippen LogP contribution >= 0.6 is 0 Å². The number of ether oxygens (including phenoxy) is 2. The van der Waals surface area contributed by atoms with Crippen LogP contribution in [0.25, 0.3) is 11.1 Å². The first kappa shape index (κ1) is 26.9. The Morgan fingerprint density at radius 3 is 2.23 bits per heavy atom. The molecule has 0 unspecified atom stereocenters. The van der Waals surface area contributed by atoms with Crippen molar-refractivity contribution in [2.75, 3.05) is 18.0 Å². The van der Waals surface area contributed by atoms with Crippen LogP contribution in [-0.2, 0) is 16.0 Å². The molecule has 9 nitrogen and oxygen atoms in total. The van der Waals surface area contributed by atoms with E-state index in [-0.39, 0.29) is 31.4 Å². The Morgan fingerprint density at radius 2 is 1.62 bits per heavy atom. The van der Waals surface area contributed by atoms with Crippen molar-refractivity contribution in [1.29, 1.82) is 0 Å². The van der Waals surface area contributed by atoms with Crippen LogP contribution < -0.4 is 10.2 Å². The van der Waals surface area contributed by atoms with Gasteiger partial charge in [-0.3, -0.25) is 19.4 Å². The smallest absolute Gasteiger partial charge is 0.414 e. The van der Waals surface area contributed by atoms with Gasteiger partial charge >= 0.3 is 12.2 Å². The minimum absolute atomic E-state index is 0.0603. The number of carbonyl (C=O) groups excluding carboxylic acids is 4. The number of fused-ring (bicyclic) bond motifs is 1. The van der Waals surface area contributed by atoms with Crippen LogP contribution in [0.5, 0.6) is 0 Å². The molecule has 40 heavy (non-hydrogen) atoms. The van der Waals surface area contributed by atoms with Crippen molar-refractivity contribution >= 4 is 29.7 Å². The highest BCUT2D eigenvalue weighted by molar-refractivity contribution is 6.21. The van der Waals surface area contributed by atoms with Gasteiger partial charge in [-0.15, -0.1) is 0 Å². The topological polar surface area (TPSA) is 105 Å². The van der Waals surface area contributed by atoms with E-state index in [4.69, 9.17) is 9.47 Å². The summed E-state index contributed by atoms with van der Waals surface area (Å²) in [4.78, 5) is 52.1. The maximum absolute atomic E-state index is 15.2. The fraction of sp³-hybridized carbons (Fsp3) is 0.267. The van der Waals surface area contributed by atoms with Gasteiger partial charge in [0.25, 0.3) is 11.8 Å². The molecule has 3 aromatic rings. The average Bonchev–Trinajstić information content (AvgIpc) is 3.40. The Hall–Kier alpha value is -4.73. The molecule has 206 valence electrons. The number of benzene rings is 3. The van der Waals surface area contributed by atoms with Crippen molar-refractivity contribution in [2.45, 2.75) is 39.0 Å². The number of carbonyl (C=O) groups is 4. The third kappa shape index (κ3) is 5.51. The maximum atomic E-state index is 15.2. The summed E-state index contributed by atoms with van der Waals surface area (Å²) in [5, 5.41) is 2.57. The second-order valence-electron chi connectivity index (χ2n) is 10.6. The molecule has 0 bridgehead atoms. The fourth-order valence-corrected chi connectivity index (χ4v) is 4.61. The van der Waals surface area contributed by atoms with E-state index in [0.29, 0.717) is 27.9 Å². The van der Waals surface area contributed by atoms with Crippen LogP contribution in [0.4, 0.5) is 19.7 Å². The fourth-order valence-electron chi connectivity index (χ4n) is 4.61. The molecule has 1 fully saturated rings. The van der Waals surface area contributed by atoms with E-state index in [9.17, 15) is 19.2 Å². The Balaban J connectivity index is 1.22. The summed E-state index contributed by atoms with van der Waals surface area (Å²) in [6, 6.07) is 18.1. The lowest BCUT2D eigenvalue weighted by Crippen LogP contribution is -2.38. The zero-order valence-electron chi connectivity index (χ0n) is 22.3. The SMILES string of the molecule is CC(C)(C)OC(=O)NC[C@H]1CN(c2ccc(-c3ccc(CN4C(=O)c5ccccc5C4=O)cc3)c(F)c2)C(=O)O1. The van der Waals surface area contributed by atoms with Crippen LogP contribution in [0.3, 0.4) is 0 Å². The largest absolute Gasteiger partial charge is 0.444 e. The molecule has 3 aromatic carbocycles. The van der Waals surface area contributed by atoms with Gasteiger partial charge in [0.05, 0.1) is 36.4 Å². The van der Waals surface area contributed by atoms with Crippen molar-refractivity contribution in [3.8, 4) is 11.1 Å². The number of alkyl carbamates (subject to hydrolysis) is 1.